The van der Waals surface area contributed by atoms with E-state index in [0.717, 1.165) is 11.1 Å². The Labute approximate surface area is 204 Å². The van der Waals surface area contributed by atoms with Crippen molar-refractivity contribution in [3.63, 3.8) is 0 Å². The highest BCUT2D eigenvalue weighted by atomic mass is 16.5. The van der Waals surface area contributed by atoms with Crippen LogP contribution < -0.4 is 20.3 Å². The summed E-state index contributed by atoms with van der Waals surface area (Å²) in [5, 5.41) is 7.57. The summed E-state index contributed by atoms with van der Waals surface area (Å²) in [4.78, 5) is 27.0. The van der Waals surface area contributed by atoms with E-state index in [4.69, 9.17) is 14.6 Å². The zero-order valence-electron chi connectivity index (χ0n) is 19.9. The monoisotopic (exact) mass is 469 g/mol. The standard InChI is InChI=1S/C28H27N3O4/c1-4-29-27(32)25-24(20-10-14-22(34-2)15-11-20)26(21-12-16-23(35-3)17-13-21)30-31(28(25)33)18-19-8-6-5-7-9-19/h5-17H,4,18H2,1-3H3,(H,29,32). The minimum atomic E-state index is -0.456. The minimum Gasteiger partial charge on any atom is -0.497 e. The van der Waals surface area contributed by atoms with Crippen LogP contribution in [0.3, 0.4) is 0 Å². The molecule has 4 aromatic rings. The van der Waals surface area contributed by atoms with Crippen molar-refractivity contribution in [2.75, 3.05) is 20.8 Å². The van der Waals surface area contributed by atoms with Crippen molar-refractivity contribution in [2.45, 2.75) is 13.5 Å². The molecule has 178 valence electrons. The lowest BCUT2D eigenvalue weighted by molar-refractivity contribution is 0.0954. The Hall–Kier alpha value is -4.39. The third-order valence-electron chi connectivity index (χ3n) is 5.64. The Morgan fingerprint density at radius 2 is 1.43 bits per heavy atom. The molecule has 0 aliphatic rings. The number of hydrogen-bond acceptors (Lipinski definition) is 5. The van der Waals surface area contributed by atoms with Crippen LogP contribution >= 0.6 is 0 Å². The number of carbonyl (C=O) groups excluding carboxylic acids is 1. The number of rotatable bonds is 8. The predicted molar refractivity (Wildman–Crippen MR) is 136 cm³/mol. The second kappa shape index (κ2) is 10.7. The molecule has 4 rings (SSSR count). The molecule has 0 bridgehead atoms. The van der Waals surface area contributed by atoms with Crippen molar-refractivity contribution < 1.29 is 14.3 Å². The fraction of sp³-hybridized carbons (Fsp3) is 0.179. The summed E-state index contributed by atoms with van der Waals surface area (Å²) in [5.41, 5.74) is 2.93. The molecule has 0 radical (unpaired) electrons. The van der Waals surface area contributed by atoms with Crippen molar-refractivity contribution in [1.82, 2.24) is 15.1 Å². The quantitative estimate of drug-likeness (QED) is 0.414. The van der Waals surface area contributed by atoms with Crippen LogP contribution in [0.2, 0.25) is 0 Å². The van der Waals surface area contributed by atoms with Gasteiger partial charge in [-0.05, 0) is 54.4 Å². The molecule has 3 aromatic carbocycles. The average Bonchev–Trinajstić information content (AvgIpc) is 2.90. The van der Waals surface area contributed by atoms with Gasteiger partial charge in [-0.2, -0.15) is 5.10 Å². The lowest BCUT2D eigenvalue weighted by Gasteiger charge is -2.18. The van der Waals surface area contributed by atoms with Crippen LogP contribution in [-0.2, 0) is 6.54 Å². The molecule has 35 heavy (non-hydrogen) atoms. The van der Waals surface area contributed by atoms with Gasteiger partial charge in [0.05, 0.1) is 26.5 Å². The average molecular weight is 470 g/mol. The maximum Gasteiger partial charge on any atom is 0.280 e. The van der Waals surface area contributed by atoms with Crippen molar-refractivity contribution in [1.29, 1.82) is 0 Å². The Morgan fingerprint density at radius 1 is 0.857 bits per heavy atom. The Bertz CT molecular complexity index is 1360. The number of aromatic nitrogens is 2. The van der Waals surface area contributed by atoms with Gasteiger partial charge in [-0.25, -0.2) is 4.68 Å². The number of benzene rings is 3. The molecule has 1 amide bonds. The van der Waals surface area contributed by atoms with Gasteiger partial charge in [-0.3, -0.25) is 9.59 Å². The Balaban J connectivity index is 2.02. The highest BCUT2D eigenvalue weighted by molar-refractivity contribution is 6.03. The second-order valence-electron chi connectivity index (χ2n) is 7.86. The van der Waals surface area contributed by atoms with Crippen LogP contribution in [0, 0.1) is 0 Å². The normalized spacial score (nSPS) is 10.6. The molecule has 0 saturated heterocycles. The second-order valence-corrected chi connectivity index (χ2v) is 7.86. The van der Waals surface area contributed by atoms with Gasteiger partial charge < -0.3 is 14.8 Å². The minimum absolute atomic E-state index is 0.0498. The summed E-state index contributed by atoms with van der Waals surface area (Å²) in [5.74, 6) is 0.924. The largest absolute Gasteiger partial charge is 0.497 e. The Morgan fingerprint density at radius 3 is 1.97 bits per heavy atom. The molecule has 0 atom stereocenters. The van der Waals surface area contributed by atoms with Crippen molar-refractivity contribution >= 4 is 5.91 Å². The van der Waals surface area contributed by atoms with Crippen LogP contribution in [0.25, 0.3) is 22.4 Å². The summed E-state index contributed by atoms with van der Waals surface area (Å²) in [6, 6.07) is 24.2. The van der Waals surface area contributed by atoms with Gasteiger partial charge >= 0.3 is 0 Å². The van der Waals surface area contributed by atoms with E-state index < -0.39 is 11.5 Å². The van der Waals surface area contributed by atoms with Gasteiger partial charge in [0, 0.05) is 17.7 Å². The van der Waals surface area contributed by atoms with Gasteiger partial charge in [0.15, 0.2) is 0 Å². The molecule has 0 aliphatic carbocycles. The third-order valence-corrected chi connectivity index (χ3v) is 5.64. The first-order valence-electron chi connectivity index (χ1n) is 11.3. The van der Waals surface area contributed by atoms with Gasteiger partial charge in [0.1, 0.15) is 17.1 Å². The predicted octanol–water partition coefficient (Wildman–Crippen LogP) is 4.39. The molecule has 1 aromatic heterocycles. The summed E-state index contributed by atoms with van der Waals surface area (Å²) in [6.45, 7) is 2.44. The number of ether oxygens (including phenoxy) is 2. The third kappa shape index (κ3) is 5.09. The maximum absolute atomic E-state index is 13.7. The van der Waals surface area contributed by atoms with Crippen molar-refractivity contribution in [2.24, 2.45) is 0 Å². The van der Waals surface area contributed by atoms with Crippen LogP contribution in [0.1, 0.15) is 22.8 Å². The summed E-state index contributed by atoms with van der Waals surface area (Å²) >= 11 is 0. The fourth-order valence-corrected chi connectivity index (χ4v) is 3.88. The fourth-order valence-electron chi connectivity index (χ4n) is 3.88. The number of hydrogen-bond donors (Lipinski definition) is 1. The molecule has 0 fully saturated rings. The van der Waals surface area contributed by atoms with Crippen molar-refractivity contribution in [3.05, 3.63) is 100 Å². The lowest BCUT2D eigenvalue weighted by Crippen LogP contribution is -2.36. The van der Waals surface area contributed by atoms with Crippen LogP contribution in [-0.4, -0.2) is 36.5 Å². The Kier molecular flexibility index (Phi) is 7.26. The molecule has 0 aliphatic heterocycles. The number of amides is 1. The van der Waals surface area contributed by atoms with E-state index in [2.05, 4.69) is 5.32 Å². The molecule has 1 heterocycles. The van der Waals surface area contributed by atoms with Crippen LogP contribution in [0.4, 0.5) is 0 Å². The number of nitrogens with zero attached hydrogens (tertiary/aromatic N) is 2. The summed E-state index contributed by atoms with van der Waals surface area (Å²) < 4.78 is 12.0. The molecule has 1 N–H and O–H groups in total. The first-order valence-corrected chi connectivity index (χ1v) is 11.3. The van der Waals surface area contributed by atoms with E-state index in [9.17, 15) is 9.59 Å². The van der Waals surface area contributed by atoms with Gasteiger partial charge in [-0.1, -0.05) is 42.5 Å². The summed E-state index contributed by atoms with van der Waals surface area (Å²) in [6.07, 6.45) is 0. The molecule has 7 nitrogen and oxygen atoms in total. The molecule has 7 heteroatoms. The highest BCUT2D eigenvalue weighted by Gasteiger charge is 2.25. The first kappa shape index (κ1) is 23.8. The van der Waals surface area contributed by atoms with Gasteiger partial charge in [0.25, 0.3) is 11.5 Å². The number of nitrogens with one attached hydrogen (secondary N) is 1. The SMILES string of the molecule is CCNC(=O)c1c(-c2ccc(OC)cc2)c(-c2ccc(OC)cc2)nn(Cc2ccccc2)c1=O. The first-order chi connectivity index (χ1) is 17.0. The number of methoxy groups -OCH3 is 2. The van der Waals surface area contributed by atoms with Gasteiger partial charge in [0.2, 0.25) is 0 Å². The van der Waals surface area contributed by atoms with Gasteiger partial charge in [-0.15, -0.1) is 0 Å². The lowest BCUT2D eigenvalue weighted by atomic mass is 9.95. The molecule has 0 unspecified atom stereocenters. The summed E-state index contributed by atoms with van der Waals surface area (Å²) in [7, 11) is 3.19. The van der Waals surface area contributed by atoms with E-state index in [-0.39, 0.29) is 12.1 Å². The highest BCUT2D eigenvalue weighted by Crippen LogP contribution is 2.34. The van der Waals surface area contributed by atoms with E-state index >= 15 is 0 Å². The topological polar surface area (TPSA) is 82.4 Å². The smallest absolute Gasteiger partial charge is 0.280 e. The van der Waals surface area contributed by atoms with E-state index in [1.807, 2.05) is 73.7 Å². The maximum atomic E-state index is 13.7. The van der Waals surface area contributed by atoms with Crippen LogP contribution in [0.5, 0.6) is 11.5 Å². The van der Waals surface area contributed by atoms with Crippen LogP contribution in [0.15, 0.2) is 83.7 Å². The molecule has 0 saturated carbocycles. The molecular weight excluding hydrogens is 442 g/mol. The zero-order chi connectivity index (χ0) is 24.8. The zero-order valence-corrected chi connectivity index (χ0v) is 19.9. The number of carbonyl (C=O) groups is 1. The van der Waals surface area contributed by atoms with E-state index in [0.29, 0.717) is 34.9 Å². The van der Waals surface area contributed by atoms with E-state index in [1.54, 1.807) is 26.4 Å². The molecule has 0 spiro atoms. The van der Waals surface area contributed by atoms with E-state index in [1.165, 1.54) is 4.68 Å². The van der Waals surface area contributed by atoms with Crippen molar-refractivity contribution in [3.8, 4) is 33.9 Å². The molecular formula is C28H27N3O4.